The molecule has 0 aliphatic heterocycles. The van der Waals surface area contributed by atoms with Crippen LogP contribution < -0.4 is 4.90 Å². The second-order valence-electron chi connectivity index (χ2n) is 4.35. The molecular formula is C14H18N2O2S2. The van der Waals surface area contributed by atoms with Crippen LogP contribution in [-0.4, -0.2) is 31.2 Å². The maximum absolute atomic E-state index is 11.4. The van der Waals surface area contributed by atoms with Gasteiger partial charge in [-0.05, 0) is 24.8 Å². The highest BCUT2D eigenvalue weighted by Gasteiger charge is 2.11. The average Bonchev–Trinajstić information content (AvgIpc) is 3.07. The molecule has 0 aromatic carbocycles. The van der Waals surface area contributed by atoms with E-state index in [1.807, 2.05) is 19.4 Å². The Morgan fingerprint density at radius 1 is 1.45 bits per heavy atom. The fourth-order valence-electron chi connectivity index (χ4n) is 1.74. The van der Waals surface area contributed by atoms with E-state index < -0.39 is 0 Å². The van der Waals surface area contributed by atoms with E-state index in [9.17, 15) is 4.79 Å². The smallest absolute Gasteiger partial charge is 0.311 e. The lowest BCUT2D eigenvalue weighted by atomic mass is 10.3. The summed E-state index contributed by atoms with van der Waals surface area (Å²) in [7, 11) is 2.03. The highest BCUT2D eigenvalue weighted by Crippen LogP contribution is 2.20. The molecular weight excluding hydrogens is 292 g/mol. The third-order valence-corrected chi connectivity index (χ3v) is 4.71. The van der Waals surface area contributed by atoms with Gasteiger partial charge in [0.2, 0.25) is 0 Å². The van der Waals surface area contributed by atoms with Gasteiger partial charge in [0, 0.05) is 23.8 Å². The van der Waals surface area contributed by atoms with Crippen molar-refractivity contribution in [2.45, 2.75) is 19.8 Å². The normalized spacial score (nSPS) is 10.5. The van der Waals surface area contributed by atoms with E-state index in [0.29, 0.717) is 6.61 Å². The van der Waals surface area contributed by atoms with E-state index in [-0.39, 0.29) is 12.4 Å². The summed E-state index contributed by atoms with van der Waals surface area (Å²) in [5.74, 6) is -0.217. The van der Waals surface area contributed by atoms with Crippen molar-refractivity contribution in [3.8, 4) is 0 Å². The zero-order valence-corrected chi connectivity index (χ0v) is 13.3. The van der Waals surface area contributed by atoms with Gasteiger partial charge in [-0.1, -0.05) is 6.07 Å². The zero-order chi connectivity index (χ0) is 14.4. The second kappa shape index (κ2) is 7.40. The lowest BCUT2D eigenvalue weighted by molar-refractivity contribution is -0.142. The molecule has 0 amide bonds. The van der Waals surface area contributed by atoms with E-state index in [4.69, 9.17) is 4.74 Å². The molecule has 0 N–H and O–H groups in total. The molecule has 0 saturated heterocycles. The summed E-state index contributed by atoms with van der Waals surface area (Å²) in [6, 6.07) is 4.22. The molecule has 2 aromatic heterocycles. The summed E-state index contributed by atoms with van der Waals surface area (Å²) >= 11 is 3.34. The van der Waals surface area contributed by atoms with Gasteiger partial charge in [0.15, 0.2) is 5.13 Å². The van der Waals surface area contributed by atoms with Crippen molar-refractivity contribution < 1.29 is 9.53 Å². The average molecular weight is 310 g/mol. The van der Waals surface area contributed by atoms with Crippen molar-refractivity contribution >= 4 is 33.8 Å². The molecule has 108 valence electrons. The minimum atomic E-state index is -0.217. The molecule has 0 aliphatic carbocycles. The molecule has 2 rings (SSSR count). The Morgan fingerprint density at radius 3 is 3.00 bits per heavy atom. The number of hydrogen-bond acceptors (Lipinski definition) is 6. The van der Waals surface area contributed by atoms with Crippen LogP contribution in [0.3, 0.4) is 0 Å². The number of thiophene rings is 1. The standard InChI is InChI=1S/C14H18N2O2S2/c1-3-18-13(17)9-11-10-20-14(15-11)16(2)7-6-12-5-4-8-19-12/h4-5,8,10H,3,6-7,9H2,1-2H3. The number of thiazole rings is 1. The summed E-state index contributed by atoms with van der Waals surface area (Å²) in [5.41, 5.74) is 0.784. The number of aromatic nitrogens is 1. The summed E-state index contributed by atoms with van der Waals surface area (Å²) < 4.78 is 4.93. The van der Waals surface area contributed by atoms with Gasteiger partial charge >= 0.3 is 5.97 Å². The summed E-state index contributed by atoms with van der Waals surface area (Å²) in [4.78, 5) is 19.4. The van der Waals surface area contributed by atoms with Gasteiger partial charge in [0.05, 0.1) is 18.7 Å². The van der Waals surface area contributed by atoms with Crippen LogP contribution >= 0.6 is 22.7 Å². The fourth-order valence-corrected chi connectivity index (χ4v) is 3.26. The predicted molar refractivity (Wildman–Crippen MR) is 83.7 cm³/mol. The molecule has 2 aromatic rings. The quantitative estimate of drug-likeness (QED) is 0.737. The highest BCUT2D eigenvalue weighted by atomic mass is 32.1. The predicted octanol–water partition coefficient (Wildman–Crippen LogP) is 2.99. The van der Waals surface area contributed by atoms with Crippen LogP contribution in [0.2, 0.25) is 0 Å². The van der Waals surface area contributed by atoms with Gasteiger partial charge in [-0.2, -0.15) is 0 Å². The first kappa shape index (κ1) is 15.0. The third kappa shape index (κ3) is 4.31. The Hall–Kier alpha value is -1.40. The van der Waals surface area contributed by atoms with Crippen LogP contribution in [0.25, 0.3) is 0 Å². The molecule has 0 atom stereocenters. The molecule has 0 radical (unpaired) electrons. The first-order valence-corrected chi connectivity index (χ1v) is 8.28. The zero-order valence-electron chi connectivity index (χ0n) is 11.7. The SMILES string of the molecule is CCOC(=O)Cc1csc(N(C)CCc2cccs2)n1. The summed E-state index contributed by atoms with van der Waals surface area (Å²) in [6.45, 7) is 3.14. The first-order chi connectivity index (χ1) is 9.69. The Morgan fingerprint density at radius 2 is 2.30 bits per heavy atom. The van der Waals surface area contributed by atoms with Crippen molar-refractivity contribution in [3.05, 3.63) is 33.5 Å². The Kier molecular flexibility index (Phi) is 5.55. The summed E-state index contributed by atoms with van der Waals surface area (Å²) in [6.07, 6.45) is 1.27. The van der Waals surface area contributed by atoms with Crippen molar-refractivity contribution in [1.82, 2.24) is 4.98 Å². The van der Waals surface area contributed by atoms with E-state index in [0.717, 1.165) is 23.8 Å². The highest BCUT2D eigenvalue weighted by molar-refractivity contribution is 7.13. The number of likely N-dealkylation sites (N-methyl/N-ethyl adjacent to an activating group) is 1. The van der Waals surface area contributed by atoms with Gasteiger partial charge in [-0.15, -0.1) is 22.7 Å². The number of esters is 1. The Bertz CT molecular complexity index is 537. The van der Waals surface area contributed by atoms with Crippen molar-refractivity contribution in [3.63, 3.8) is 0 Å². The second-order valence-corrected chi connectivity index (χ2v) is 6.22. The van der Waals surface area contributed by atoms with E-state index in [1.165, 1.54) is 4.88 Å². The molecule has 0 aliphatic rings. The Balaban J connectivity index is 1.85. The van der Waals surface area contributed by atoms with Gasteiger partial charge in [0.25, 0.3) is 0 Å². The maximum Gasteiger partial charge on any atom is 0.311 e. The van der Waals surface area contributed by atoms with Crippen LogP contribution in [0.4, 0.5) is 5.13 Å². The lowest BCUT2D eigenvalue weighted by Gasteiger charge is -2.14. The lowest BCUT2D eigenvalue weighted by Crippen LogP contribution is -2.20. The minimum Gasteiger partial charge on any atom is -0.466 e. The first-order valence-electron chi connectivity index (χ1n) is 6.52. The van der Waals surface area contributed by atoms with Crippen LogP contribution in [0.1, 0.15) is 17.5 Å². The van der Waals surface area contributed by atoms with E-state index >= 15 is 0 Å². The molecule has 0 unspecified atom stereocenters. The number of anilines is 1. The molecule has 4 nitrogen and oxygen atoms in total. The Labute approximate surface area is 127 Å². The fraction of sp³-hybridized carbons (Fsp3) is 0.429. The van der Waals surface area contributed by atoms with Gasteiger partial charge < -0.3 is 9.64 Å². The van der Waals surface area contributed by atoms with Gasteiger partial charge in [-0.3, -0.25) is 4.79 Å². The van der Waals surface area contributed by atoms with E-state index in [1.54, 1.807) is 22.7 Å². The molecule has 0 fully saturated rings. The minimum absolute atomic E-state index is 0.217. The molecule has 20 heavy (non-hydrogen) atoms. The number of ether oxygens (including phenoxy) is 1. The number of nitrogens with zero attached hydrogens (tertiary/aromatic N) is 2. The number of rotatable bonds is 7. The van der Waals surface area contributed by atoms with Crippen molar-refractivity contribution in [1.29, 1.82) is 0 Å². The summed E-state index contributed by atoms with van der Waals surface area (Å²) in [5, 5.41) is 4.96. The number of carbonyl (C=O) groups is 1. The third-order valence-electron chi connectivity index (χ3n) is 2.77. The van der Waals surface area contributed by atoms with Gasteiger partial charge in [0.1, 0.15) is 0 Å². The number of hydrogen-bond donors (Lipinski definition) is 0. The van der Waals surface area contributed by atoms with Crippen LogP contribution in [0, 0.1) is 0 Å². The van der Waals surface area contributed by atoms with Crippen LogP contribution in [0.5, 0.6) is 0 Å². The van der Waals surface area contributed by atoms with Crippen molar-refractivity contribution in [2.75, 3.05) is 25.1 Å². The molecule has 0 spiro atoms. The molecule has 6 heteroatoms. The molecule has 2 heterocycles. The monoisotopic (exact) mass is 310 g/mol. The molecule has 0 bridgehead atoms. The topological polar surface area (TPSA) is 42.4 Å². The van der Waals surface area contributed by atoms with Crippen LogP contribution in [-0.2, 0) is 22.4 Å². The number of carbonyl (C=O) groups excluding carboxylic acids is 1. The van der Waals surface area contributed by atoms with Gasteiger partial charge in [-0.25, -0.2) is 4.98 Å². The molecule has 0 saturated carbocycles. The van der Waals surface area contributed by atoms with Crippen molar-refractivity contribution in [2.24, 2.45) is 0 Å². The van der Waals surface area contributed by atoms with E-state index in [2.05, 4.69) is 27.4 Å². The maximum atomic E-state index is 11.4. The largest absolute Gasteiger partial charge is 0.466 e. The van der Waals surface area contributed by atoms with Crippen LogP contribution in [0.15, 0.2) is 22.9 Å².